The van der Waals surface area contributed by atoms with E-state index in [0.717, 1.165) is 32.2 Å². The molecule has 0 aromatic heterocycles. The Hall–Kier alpha value is -0.650. The van der Waals surface area contributed by atoms with Crippen LogP contribution in [0.2, 0.25) is 0 Å². The minimum Gasteiger partial charge on any atom is -0.353 e. The van der Waals surface area contributed by atoms with Crippen molar-refractivity contribution in [3.63, 3.8) is 0 Å². The lowest BCUT2D eigenvalue weighted by atomic mass is 9.77. The molecule has 0 bridgehead atoms. The summed E-state index contributed by atoms with van der Waals surface area (Å²) in [6.45, 7) is 19.1. The van der Waals surface area contributed by atoms with Crippen molar-refractivity contribution in [3.8, 4) is 0 Å². The van der Waals surface area contributed by atoms with E-state index >= 15 is 0 Å². The second kappa shape index (κ2) is 7.88. The van der Waals surface area contributed by atoms with Crippen LogP contribution in [-0.2, 0) is 4.79 Å². The molecular formula is C23H46N4O. The number of hydrogen-bond donors (Lipinski definition) is 2. The van der Waals surface area contributed by atoms with Gasteiger partial charge in [-0.15, -0.1) is 0 Å². The molecule has 2 aliphatic heterocycles. The fourth-order valence-electron chi connectivity index (χ4n) is 5.81. The van der Waals surface area contributed by atoms with Crippen molar-refractivity contribution < 1.29 is 4.79 Å². The first-order valence-corrected chi connectivity index (χ1v) is 11.1. The Bertz CT molecular complexity index is 533. The van der Waals surface area contributed by atoms with Crippen molar-refractivity contribution in [1.29, 1.82) is 0 Å². The summed E-state index contributed by atoms with van der Waals surface area (Å²) in [5.74, 6) is 0.191. The minimum absolute atomic E-state index is 0.0573. The second-order valence-corrected chi connectivity index (χ2v) is 12.0. The predicted octanol–water partition coefficient (Wildman–Crippen LogP) is 3.39. The van der Waals surface area contributed by atoms with Crippen molar-refractivity contribution in [2.45, 2.75) is 122 Å². The van der Waals surface area contributed by atoms with Crippen molar-refractivity contribution in [2.75, 3.05) is 20.6 Å². The van der Waals surface area contributed by atoms with E-state index in [0.29, 0.717) is 12.5 Å². The highest BCUT2D eigenvalue weighted by Gasteiger charge is 2.44. The molecule has 164 valence electrons. The zero-order valence-corrected chi connectivity index (χ0v) is 20.2. The van der Waals surface area contributed by atoms with Gasteiger partial charge in [-0.25, -0.2) is 0 Å². The summed E-state index contributed by atoms with van der Waals surface area (Å²) in [6.07, 6.45) is 4.82. The molecule has 5 nitrogen and oxygen atoms in total. The van der Waals surface area contributed by atoms with Gasteiger partial charge >= 0.3 is 0 Å². The van der Waals surface area contributed by atoms with Gasteiger partial charge in [-0.1, -0.05) is 0 Å². The second-order valence-electron chi connectivity index (χ2n) is 12.0. The molecule has 1 amide bonds. The summed E-state index contributed by atoms with van der Waals surface area (Å²) >= 11 is 0. The van der Waals surface area contributed by atoms with Crippen LogP contribution in [0.15, 0.2) is 0 Å². The molecule has 0 spiro atoms. The van der Waals surface area contributed by atoms with Gasteiger partial charge in [0.05, 0.1) is 0 Å². The number of carbonyl (C=O) groups excluding carboxylic acids is 1. The molecule has 2 aliphatic rings. The monoisotopic (exact) mass is 394 g/mol. The largest absolute Gasteiger partial charge is 0.353 e. The Morgan fingerprint density at radius 3 is 1.89 bits per heavy atom. The van der Waals surface area contributed by atoms with Crippen LogP contribution in [0, 0.1) is 0 Å². The molecule has 0 atom stereocenters. The van der Waals surface area contributed by atoms with E-state index in [1.54, 1.807) is 0 Å². The number of hydrogen-bond acceptors (Lipinski definition) is 4. The Morgan fingerprint density at radius 2 is 1.43 bits per heavy atom. The van der Waals surface area contributed by atoms with Crippen LogP contribution in [0.1, 0.15) is 87.5 Å². The van der Waals surface area contributed by atoms with Crippen LogP contribution in [-0.4, -0.2) is 70.6 Å². The molecule has 2 heterocycles. The maximum absolute atomic E-state index is 12.7. The van der Waals surface area contributed by atoms with Crippen LogP contribution >= 0.6 is 0 Å². The first-order chi connectivity index (χ1) is 12.5. The normalized spacial score (nSPS) is 27.7. The smallest absolute Gasteiger partial charge is 0.221 e. The van der Waals surface area contributed by atoms with E-state index in [1.807, 2.05) is 0 Å². The molecule has 2 N–H and O–H groups in total. The topological polar surface area (TPSA) is 47.6 Å². The maximum atomic E-state index is 12.7. The summed E-state index contributed by atoms with van der Waals surface area (Å²) in [7, 11) is 4.43. The molecule has 0 aromatic carbocycles. The third-order valence-electron chi connectivity index (χ3n) is 7.16. The Balaban J connectivity index is 1.87. The van der Waals surface area contributed by atoms with Gasteiger partial charge in [0.15, 0.2) is 0 Å². The van der Waals surface area contributed by atoms with E-state index in [4.69, 9.17) is 0 Å². The number of amides is 1. The van der Waals surface area contributed by atoms with Crippen molar-refractivity contribution in [1.82, 2.24) is 20.4 Å². The zero-order chi connectivity index (χ0) is 21.5. The van der Waals surface area contributed by atoms with Gasteiger partial charge < -0.3 is 15.5 Å². The number of piperidine rings is 2. The molecule has 2 fully saturated rings. The van der Waals surface area contributed by atoms with Crippen molar-refractivity contribution in [2.24, 2.45) is 0 Å². The SMILES string of the molecule is CN(CCC(=O)NC1CC(C)(C)NC(C)(C)C1)C1CC(C)(C)N(C)C(C)(C)C1. The Kier molecular flexibility index (Phi) is 6.65. The average Bonchev–Trinajstić information content (AvgIpc) is 2.46. The molecule has 0 aliphatic carbocycles. The molecule has 0 radical (unpaired) electrons. The zero-order valence-electron chi connectivity index (χ0n) is 20.2. The van der Waals surface area contributed by atoms with E-state index < -0.39 is 0 Å². The summed E-state index contributed by atoms with van der Waals surface area (Å²) < 4.78 is 0. The molecular weight excluding hydrogens is 348 g/mol. The van der Waals surface area contributed by atoms with Gasteiger partial charge in [0, 0.05) is 47.2 Å². The lowest BCUT2D eigenvalue weighted by Crippen LogP contribution is -2.62. The maximum Gasteiger partial charge on any atom is 0.221 e. The third-order valence-corrected chi connectivity index (χ3v) is 7.16. The van der Waals surface area contributed by atoms with Crippen LogP contribution in [0.5, 0.6) is 0 Å². The van der Waals surface area contributed by atoms with Gasteiger partial charge in [-0.05, 0) is 95.2 Å². The summed E-state index contributed by atoms with van der Waals surface area (Å²) in [5.41, 5.74) is 0.466. The molecule has 2 saturated heterocycles. The van der Waals surface area contributed by atoms with E-state index in [1.165, 1.54) is 0 Å². The number of carbonyl (C=O) groups is 1. The molecule has 0 saturated carbocycles. The minimum atomic E-state index is 0.0573. The number of nitrogens with one attached hydrogen (secondary N) is 2. The molecule has 5 heteroatoms. The summed E-state index contributed by atoms with van der Waals surface area (Å²) in [4.78, 5) is 17.6. The van der Waals surface area contributed by atoms with E-state index in [2.05, 4.69) is 89.9 Å². The predicted molar refractivity (Wildman–Crippen MR) is 119 cm³/mol. The highest BCUT2D eigenvalue weighted by molar-refractivity contribution is 5.76. The van der Waals surface area contributed by atoms with Crippen molar-refractivity contribution >= 4 is 5.91 Å². The highest BCUT2D eigenvalue weighted by Crippen LogP contribution is 2.38. The van der Waals surface area contributed by atoms with Gasteiger partial charge in [0.1, 0.15) is 0 Å². The Labute approximate surface area is 174 Å². The van der Waals surface area contributed by atoms with Gasteiger partial charge in [0.2, 0.25) is 5.91 Å². The Morgan fingerprint density at radius 1 is 0.964 bits per heavy atom. The first kappa shape index (κ1) is 23.6. The summed E-state index contributed by atoms with van der Waals surface area (Å²) in [5, 5.41) is 7.00. The van der Waals surface area contributed by atoms with Crippen LogP contribution in [0.4, 0.5) is 0 Å². The van der Waals surface area contributed by atoms with Gasteiger partial charge in [0.25, 0.3) is 0 Å². The highest BCUT2D eigenvalue weighted by atomic mass is 16.1. The summed E-state index contributed by atoms with van der Waals surface area (Å²) in [6, 6.07) is 0.774. The quantitative estimate of drug-likeness (QED) is 0.750. The van der Waals surface area contributed by atoms with Gasteiger partial charge in [-0.3, -0.25) is 9.69 Å². The van der Waals surface area contributed by atoms with E-state index in [9.17, 15) is 4.79 Å². The third kappa shape index (κ3) is 5.93. The number of rotatable bonds is 5. The number of nitrogens with zero attached hydrogens (tertiary/aromatic N) is 2. The standard InChI is InChI=1S/C23H46N4O/c1-20(2)13-17(14-21(3,4)25-20)24-19(28)11-12-26(9)18-15-22(5,6)27(10)23(7,8)16-18/h17-18,25H,11-16H2,1-10H3,(H,24,28). The lowest BCUT2D eigenvalue weighted by molar-refractivity contribution is -0.122. The number of likely N-dealkylation sites (tertiary alicyclic amines) is 1. The first-order valence-electron chi connectivity index (χ1n) is 11.1. The van der Waals surface area contributed by atoms with Crippen LogP contribution < -0.4 is 10.6 Å². The molecule has 28 heavy (non-hydrogen) atoms. The molecule has 2 rings (SSSR count). The van der Waals surface area contributed by atoms with Crippen LogP contribution in [0.25, 0.3) is 0 Å². The average molecular weight is 395 g/mol. The molecule has 0 aromatic rings. The van der Waals surface area contributed by atoms with Gasteiger partial charge in [-0.2, -0.15) is 0 Å². The fourth-order valence-corrected chi connectivity index (χ4v) is 5.81. The van der Waals surface area contributed by atoms with E-state index in [-0.39, 0.29) is 34.1 Å². The lowest BCUT2D eigenvalue weighted by Gasteiger charge is -2.55. The van der Waals surface area contributed by atoms with Crippen molar-refractivity contribution in [3.05, 3.63) is 0 Å². The fraction of sp³-hybridized carbons (Fsp3) is 0.957. The molecule has 0 unspecified atom stereocenters. The van der Waals surface area contributed by atoms with Crippen LogP contribution in [0.3, 0.4) is 0 Å².